The molecule has 1 heterocycles. The molecule has 1 aromatic heterocycles. The van der Waals surface area contributed by atoms with Crippen LogP contribution in [0, 0.1) is 0 Å². The van der Waals surface area contributed by atoms with E-state index in [1.54, 1.807) is 0 Å². The van der Waals surface area contributed by atoms with E-state index < -0.39 is 28.9 Å². The smallest absolute Gasteiger partial charge is 0.352 e. The number of carboxylic acids is 2. The van der Waals surface area contributed by atoms with Crippen molar-refractivity contribution in [1.29, 1.82) is 0 Å². The van der Waals surface area contributed by atoms with Crippen LogP contribution < -0.4 is 11.2 Å². The van der Waals surface area contributed by atoms with Crippen LogP contribution in [0.5, 0.6) is 0 Å². The van der Waals surface area contributed by atoms with E-state index in [-0.39, 0.29) is 6.42 Å². The normalized spacial score (nSPS) is 10.4. The fraction of sp³-hybridized carbons (Fsp3) is 0.500. The van der Waals surface area contributed by atoms with Crippen LogP contribution in [-0.4, -0.2) is 64.3 Å². The molecule has 0 saturated heterocycles. The van der Waals surface area contributed by atoms with E-state index in [0.29, 0.717) is 0 Å². The summed E-state index contributed by atoms with van der Waals surface area (Å²) in [4.78, 5) is 45.0. The summed E-state index contributed by atoms with van der Waals surface area (Å²) in [6.07, 6.45) is 1.05. The second-order valence-corrected chi connectivity index (χ2v) is 5.32. The molecule has 1 rings (SSSR count). The minimum Gasteiger partial charge on any atom is -0.481 e. The molecule has 0 fully saturated rings. The number of nitrogens with one attached hydrogen (secondary N) is 2. The van der Waals surface area contributed by atoms with Crippen molar-refractivity contribution in [3.63, 3.8) is 0 Å². The zero-order valence-corrected chi connectivity index (χ0v) is 12.2. The maximum atomic E-state index is 10.5. The van der Waals surface area contributed by atoms with E-state index in [0.717, 1.165) is 23.5 Å². The Hall–Kier alpha value is -2.42. The Morgan fingerprint density at radius 3 is 2.10 bits per heavy atom. The van der Waals surface area contributed by atoms with Crippen LogP contribution in [0.2, 0.25) is 0 Å². The van der Waals surface area contributed by atoms with Gasteiger partial charge in [0.2, 0.25) is 0 Å². The first kappa shape index (κ1) is 18.6. The lowest BCUT2D eigenvalue weighted by Gasteiger charge is -2.23. The molecule has 0 unspecified atom stereocenters. The van der Waals surface area contributed by atoms with Gasteiger partial charge in [0.1, 0.15) is 5.69 Å². The molecule has 9 nitrogen and oxygen atoms in total. The van der Waals surface area contributed by atoms with E-state index in [2.05, 4.69) is 21.1 Å². The number of nitrogens with zero attached hydrogens (tertiary/aromatic N) is 1. The summed E-state index contributed by atoms with van der Waals surface area (Å²) in [5, 5.41) is 16.6. The maximum Gasteiger partial charge on any atom is 0.352 e. The second kappa shape index (κ2) is 8.00. The first-order chi connectivity index (χ1) is 9.51. The summed E-state index contributed by atoms with van der Waals surface area (Å²) in [5.41, 5.74) is -1.97. The molecule has 0 spiro atoms. The van der Waals surface area contributed by atoms with Crippen molar-refractivity contribution in [2.24, 2.45) is 0 Å². The Morgan fingerprint density at radius 1 is 1.14 bits per heavy atom. The third-order valence-corrected chi connectivity index (χ3v) is 2.21. The topological polar surface area (TPSA) is 140 Å². The average Bonchev–Trinajstić information content (AvgIpc) is 2.25. The number of hydrogen-bond acceptors (Lipinski definition) is 4. The summed E-state index contributed by atoms with van der Waals surface area (Å²) in [6.45, 7) is 0.923. The lowest BCUT2D eigenvalue weighted by Crippen LogP contribution is -2.35. The first-order valence-electron chi connectivity index (χ1n) is 6.10. The predicted octanol–water partition coefficient (Wildman–Crippen LogP) is -0.681. The van der Waals surface area contributed by atoms with Crippen molar-refractivity contribution in [3.05, 3.63) is 32.6 Å². The average molecular weight is 302 g/mol. The molecule has 4 N–H and O–H groups in total. The van der Waals surface area contributed by atoms with Gasteiger partial charge in [0, 0.05) is 12.5 Å². The third-order valence-electron chi connectivity index (χ3n) is 2.21. The van der Waals surface area contributed by atoms with Gasteiger partial charge in [-0.1, -0.05) is 0 Å². The highest BCUT2D eigenvalue weighted by Gasteiger charge is 2.07. The summed E-state index contributed by atoms with van der Waals surface area (Å²) >= 11 is 0. The molecule has 0 amide bonds. The highest BCUT2D eigenvalue weighted by Crippen LogP contribution is 1.96. The van der Waals surface area contributed by atoms with Crippen molar-refractivity contribution in [3.8, 4) is 0 Å². The standard InChI is InChI=1S/C7H15NO2.C5H4N2O4/c1-8(2,3)6-4-5-7(9)10;8-3-1-2(4(9)10)6-5(11)7-3/h4-6H2,1-3H3;1H,(H,9,10)(H2,6,7,8,11)/p+1. The fourth-order valence-electron chi connectivity index (χ4n) is 1.29. The molecule has 0 aliphatic carbocycles. The zero-order valence-electron chi connectivity index (χ0n) is 12.2. The van der Waals surface area contributed by atoms with Gasteiger partial charge in [-0.15, -0.1) is 0 Å². The minimum absolute atomic E-state index is 0.287. The van der Waals surface area contributed by atoms with Crippen LogP contribution in [0.25, 0.3) is 0 Å². The van der Waals surface area contributed by atoms with Crippen molar-refractivity contribution >= 4 is 11.9 Å². The number of aromatic nitrogens is 2. The van der Waals surface area contributed by atoms with E-state index in [9.17, 15) is 19.2 Å². The molecular formula is C12H20N3O6+. The highest BCUT2D eigenvalue weighted by atomic mass is 16.4. The van der Waals surface area contributed by atoms with E-state index in [1.165, 1.54) is 0 Å². The number of hydrogen-bond donors (Lipinski definition) is 4. The third kappa shape index (κ3) is 10.1. The number of aliphatic carboxylic acids is 1. The predicted molar refractivity (Wildman–Crippen MR) is 74.4 cm³/mol. The molecule has 0 aromatic carbocycles. The fourth-order valence-corrected chi connectivity index (χ4v) is 1.29. The second-order valence-electron chi connectivity index (χ2n) is 5.32. The maximum absolute atomic E-state index is 10.5. The van der Waals surface area contributed by atoms with Gasteiger partial charge < -0.3 is 19.7 Å². The van der Waals surface area contributed by atoms with Crippen LogP contribution in [0.4, 0.5) is 0 Å². The van der Waals surface area contributed by atoms with Crippen LogP contribution >= 0.6 is 0 Å². The Morgan fingerprint density at radius 2 is 1.71 bits per heavy atom. The molecule has 118 valence electrons. The lowest BCUT2D eigenvalue weighted by molar-refractivity contribution is -0.870. The van der Waals surface area contributed by atoms with Crippen LogP contribution in [0.3, 0.4) is 0 Å². The number of quaternary nitrogens is 1. The van der Waals surface area contributed by atoms with E-state index in [1.807, 2.05) is 9.97 Å². The quantitative estimate of drug-likeness (QED) is 0.531. The molecule has 9 heteroatoms. The molecule has 0 saturated carbocycles. The summed E-state index contributed by atoms with van der Waals surface area (Å²) in [7, 11) is 6.17. The van der Waals surface area contributed by atoms with Crippen LogP contribution in [0.15, 0.2) is 15.7 Å². The summed E-state index contributed by atoms with van der Waals surface area (Å²) in [5.74, 6) is -2.04. The van der Waals surface area contributed by atoms with Crippen LogP contribution in [0.1, 0.15) is 23.3 Å². The van der Waals surface area contributed by atoms with Gasteiger partial charge >= 0.3 is 17.6 Å². The Kier molecular flexibility index (Phi) is 7.08. The van der Waals surface area contributed by atoms with Gasteiger partial charge in [-0.25, -0.2) is 9.59 Å². The Balaban J connectivity index is 0.000000384. The monoisotopic (exact) mass is 302 g/mol. The minimum atomic E-state index is -1.34. The number of carbonyl (C=O) groups is 2. The zero-order chi connectivity index (χ0) is 16.6. The van der Waals surface area contributed by atoms with Crippen molar-refractivity contribution < 1.29 is 24.3 Å². The molecule has 0 radical (unpaired) electrons. The van der Waals surface area contributed by atoms with E-state index >= 15 is 0 Å². The number of carboxylic acid groups (broad SMARTS) is 2. The Labute approximate surface area is 120 Å². The number of aromatic carboxylic acids is 1. The van der Waals surface area contributed by atoms with Gasteiger partial charge in [0.05, 0.1) is 34.1 Å². The first-order valence-corrected chi connectivity index (χ1v) is 6.10. The van der Waals surface area contributed by atoms with Crippen molar-refractivity contribution in [1.82, 2.24) is 9.97 Å². The molecule has 0 aliphatic heterocycles. The molecule has 1 aromatic rings. The van der Waals surface area contributed by atoms with Gasteiger partial charge in [-0.05, 0) is 0 Å². The highest BCUT2D eigenvalue weighted by molar-refractivity contribution is 5.84. The number of rotatable bonds is 5. The summed E-state index contributed by atoms with van der Waals surface area (Å²) in [6, 6.07) is 0.795. The lowest BCUT2D eigenvalue weighted by atomic mass is 10.3. The number of aromatic amines is 2. The molecule has 21 heavy (non-hydrogen) atoms. The molecular weight excluding hydrogens is 282 g/mol. The molecule has 0 aliphatic rings. The Bertz CT molecular complexity index is 568. The van der Waals surface area contributed by atoms with Gasteiger partial charge in [0.25, 0.3) is 5.56 Å². The molecule has 0 atom stereocenters. The van der Waals surface area contributed by atoms with Gasteiger partial charge in [-0.3, -0.25) is 14.6 Å². The van der Waals surface area contributed by atoms with Crippen LogP contribution in [-0.2, 0) is 4.79 Å². The number of H-pyrrole nitrogens is 2. The van der Waals surface area contributed by atoms with Gasteiger partial charge in [-0.2, -0.15) is 0 Å². The van der Waals surface area contributed by atoms with Crippen molar-refractivity contribution in [2.45, 2.75) is 12.8 Å². The SMILES string of the molecule is C[N+](C)(C)CCCC(=O)O.O=C(O)c1cc(=O)[nH]c(=O)[nH]1. The summed E-state index contributed by atoms with van der Waals surface area (Å²) < 4.78 is 0.841. The molecule has 0 bridgehead atoms. The van der Waals surface area contributed by atoms with Gasteiger partial charge in [0.15, 0.2) is 0 Å². The van der Waals surface area contributed by atoms with E-state index in [4.69, 9.17) is 10.2 Å². The largest absolute Gasteiger partial charge is 0.481 e. The van der Waals surface area contributed by atoms with Crippen molar-refractivity contribution in [2.75, 3.05) is 27.7 Å².